The van der Waals surface area contributed by atoms with Gasteiger partial charge in [-0.1, -0.05) is 17.7 Å². The van der Waals surface area contributed by atoms with Gasteiger partial charge in [-0.15, -0.1) is 0 Å². The Labute approximate surface area is 141 Å². The molecule has 0 saturated carbocycles. The number of aromatic nitrogens is 1. The average Bonchev–Trinajstić information content (AvgIpc) is 2.56. The summed E-state index contributed by atoms with van der Waals surface area (Å²) < 4.78 is 0. The number of aryl methyl sites for hydroxylation is 1. The minimum atomic E-state index is -0.290. The van der Waals surface area contributed by atoms with Gasteiger partial charge in [0, 0.05) is 30.5 Å². The Morgan fingerprint density at radius 3 is 2.46 bits per heavy atom. The van der Waals surface area contributed by atoms with Gasteiger partial charge in [0.1, 0.15) is 5.69 Å². The lowest BCUT2D eigenvalue weighted by Gasteiger charge is -2.10. The van der Waals surface area contributed by atoms with Crippen molar-refractivity contribution in [2.24, 2.45) is 0 Å². The molecule has 1 aromatic carbocycles. The van der Waals surface area contributed by atoms with Crippen molar-refractivity contribution in [1.82, 2.24) is 15.2 Å². The number of nitrogens with zero attached hydrogens (tertiary/aromatic N) is 2. The number of carbonyl (C=O) groups is 2. The second kappa shape index (κ2) is 8.21. The molecule has 0 aliphatic heterocycles. The molecule has 2 rings (SSSR count). The third-order valence-electron chi connectivity index (χ3n) is 3.41. The summed E-state index contributed by atoms with van der Waals surface area (Å²) in [5, 5.41) is 5.58. The fraction of sp³-hybridized carbons (Fsp3) is 0.278. The first-order valence-electron chi connectivity index (χ1n) is 7.72. The van der Waals surface area contributed by atoms with Crippen molar-refractivity contribution in [1.29, 1.82) is 0 Å². The smallest absolute Gasteiger partial charge is 0.269 e. The number of anilines is 1. The molecular formula is C18H22N4O2. The van der Waals surface area contributed by atoms with E-state index in [1.165, 1.54) is 12.3 Å². The van der Waals surface area contributed by atoms with Crippen LogP contribution in [0.3, 0.4) is 0 Å². The SMILES string of the molecule is Cc1ccc(NC(=O)c2ccnc(C(=O)NCCN(C)C)c2)cc1. The molecule has 0 aliphatic rings. The van der Waals surface area contributed by atoms with Crippen LogP contribution in [0.25, 0.3) is 0 Å². The maximum absolute atomic E-state index is 12.3. The maximum atomic E-state index is 12.3. The minimum Gasteiger partial charge on any atom is -0.349 e. The van der Waals surface area contributed by atoms with Crippen LogP contribution in [0.5, 0.6) is 0 Å². The van der Waals surface area contributed by atoms with E-state index >= 15 is 0 Å². The lowest BCUT2D eigenvalue weighted by Crippen LogP contribution is -2.32. The first-order chi connectivity index (χ1) is 11.5. The molecule has 0 unspecified atom stereocenters. The number of amides is 2. The number of rotatable bonds is 6. The zero-order valence-electron chi connectivity index (χ0n) is 14.2. The normalized spacial score (nSPS) is 10.5. The van der Waals surface area contributed by atoms with E-state index < -0.39 is 0 Å². The molecule has 0 fully saturated rings. The zero-order valence-corrected chi connectivity index (χ0v) is 14.2. The lowest BCUT2D eigenvalue weighted by atomic mass is 10.2. The van der Waals surface area contributed by atoms with Crippen LogP contribution in [-0.4, -0.2) is 48.9 Å². The van der Waals surface area contributed by atoms with Gasteiger partial charge >= 0.3 is 0 Å². The summed E-state index contributed by atoms with van der Waals surface area (Å²) in [6.45, 7) is 3.24. The van der Waals surface area contributed by atoms with Gasteiger partial charge in [-0.25, -0.2) is 0 Å². The van der Waals surface area contributed by atoms with Crippen LogP contribution in [0, 0.1) is 6.92 Å². The topological polar surface area (TPSA) is 74.3 Å². The molecule has 6 nitrogen and oxygen atoms in total. The number of hydrogen-bond donors (Lipinski definition) is 2. The first kappa shape index (κ1) is 17.6. The van der Waals surface area contributed by atoms with Crippen molar-refractivity contribution < 1.29 is 9.59 Å². The van der Waals surface area contributed by atoms with Crippen LogP contribution < -0.4 is 10.6 Å². The van der Waals surface area contributed by atoms with Gasteiger partial charge in [0.25, 0.3) is 11.8 Å². The number of nitrogens with one attached hydrogen (secondary N) is 2. The van der Waals surface area contributed by atoms with Crippen LogP contribution >= 0.6 is 0 Å². The summed E-state index contributed by atoms with van der Waals surface area (Å²) in [4.78, 5) is 30.4. The molecule has 2 N–H and O–H groups in total. The molecule has 126 valence electrons. The lowest BCUT2D eigenvalue weighted by molar-refractivity contribution is 0.0946. The van der Waals surface area contributed by atoms with Crippen molar-refractivity contribution in [3.8, 4) is 0 Å². The number of carbonyl (C=O) groups excluding carboxylic acids is 2. The largest absolute Gasteiger partial charge is 0.349 e. The third-order valence-corrected chi connectivity index (χ3v) is 3.41. The maximum Gasteiger partial charge on any atom is 0.269 e. The Morgan fingerprint density at radius 2 is 1.79 bits per heavy atom. The van der Waals surface area contributed by atoms with E-state index in [-0.39, 0.29) is 17.5 Å². The molecule has 24 heavy (non-hydrogen) atoms. The van der Waals surface area contributed by atoms with Crippen molar-refractivity contribution in [3.63, 3.8) is 0 Å². The summed E-state index contributed by atoms with van der Waals surface area (Å²) in [6.07, 6.45) is 1.46. The van der Waals surface area contributed by atoms with Crippen molar-refractivity contribution >= 4 is 17.5 Å². The van der Waals surface area contributed by atoms with Gasteiger partial charge in [0.15, 0.2) is 0 Å². The number of hydrogen-bond acceptors (Lipinski definition) is 4. The predicted octanol–water partition coefficient (Wildman–Crippen LogP) is 1.93. The third kappa shape index (κ3) is 5.17. The predicted molar refractivity (Wildman–Crippen MR) is 94.3 cm³/mol. The zero-order chi connectivity index (χ0) is 17.5. The van der Waals surface area contributed by atoms with Gasteiger partial charge in [-0.3, -0.25) is 14.6 Å². The summed E-state index contributed by atoms with van der Waals surface area (Å²) in [5.74, 6) is -0.564. The highest BCUT2D eigenvalue weighted by Crippen LogP contribution is 2.11. The first-order valence-corrected chi connectivity index (χ1v) is 7.72. The second-order valence-electron chi connectivity index (χ2n) is 5.81. The van der Waals surface area contributed by atoms with E-state index in [2.05, 4.69) is 15.6 Å². The molecule has 0 atom stereocenters. The van der Waals surface area contributed by atoms with Gasteiger partial charge < -0.3 is 15.5 Å². The summed E-state index contributed by atoms with van der Waals surface area (Å²) in [5.41, 5.74) is 2.45. The molecule has 2 amide bonds. The van der Waals surface area contributed by atoms with E-state index in [1.54, 1.807) is 6.07 Å². The van der Waals surface area contributed by atoms with Crippen molar-refractivity contribution in [2.45, 2.75) is 6.92 Å². The highest BCUT2D eigenvalue weighted by molar-refractivity contribution is 6.05. The van der Waals surface area contributed by atoms with E-state index in [1.807, 2.05) is 50.2 Å². The summed E-state index contributed by atoms with van der Waals surface area (Å²) >= 11 is 0. The number of likely N-dealkylation sites (N-methyl/N-ethyl adjacent to an activating group) is 1. The fourth-order valence-corrected chi connectivity index (χ4v) is 2.02. The minimum absolute atomic E-state index is 0.227. The van der Waals surface area contributed by atoms with Crippen molar-refractivity contribution in [3.05, 3.63) is 59.4 Å². The molecule has 0 aliphatic carbocycles. The average molecular weight is 326 g/mol. The molecular weight excluding hydrogens is 304 g/mol. The Hall–Kier alpha value is -2.73. The van der Waals surface area contributed by atoms with Crippen LogP contribution in [0.4, 0.5) is 5.69 Å². The highest BCUT2D eigenvalue weighted by Gasteiger charge is 2.12. The molecule has 0 radical (unpaired) electrons. The molecule has 2 aromatic rings. The summed E-state index contributed by atoms with van der Waals surface area (Å²) in [6, 6.07) is 10.6. The van der Waals surface area contributed by atoms with E-state index in [4.69, 9.17) is 0 Å². The van der Waals surface area contributed by atoms with Crippen molar-refractivity contribution in [2.75, 3.05) is 32.5 Å². The molecule has 0 bridgehead atoms. The van der Waals surface area contributed by atoms with Crippen LogP contribution in [0.2, 0.25) is 0 Å². The monoisotopic (exact) mass is 326 g/mol. The number of benzene rings is 1. The molecule has 0 spiro atoms. The Balaban J connectivity index is 2.02. The Bertz CT molecular complexity index is 711. The number of pyridine rings is 1. The van der Waals surface area contributed by atoms with Crippen LogP contribution in [0.1, 0.15) is 26.4 Å². The molecule has 6 heteroatoms. The molecule has 0 saturated heterocycles. The van der Waals surface area contributed by atoms with Crippen LogP contribution in [0.15, 0.2) is 42.6 Å². The van der Waals surface area contributed by atoms with Crippen LogP contribution in [-0.2, 0) is 0 Å². The van der Waals surface area contributed by atoms with Gasteiger partial charge in [0.05, 0.1) is 0 Å². The van der Waals surface area contributed by atoms with E-state index in [0.717, 1.165) is 12.1 Å². The van der Waals surface area contributed by atoms with Gasteiger partial charge in [-0.2, -0.15) is 0 Å². The van der Waals surface area contributed by atoms with Gasteiger partial charge in [-0.05, 0) is 45.3 Å². The summed E-state index contributed by atoms with van der Waals surface area (Å²) in [7, 11) is 3.86. The van der Waals surface area contributed by atoms with Gasteiger partial charge in [0.2, 0.25) is 0 Å². The Morgan fingerprint density at radius 1 is 1.08 bits per heavy atom. The standard InChI is InChI=1S/C18H22N4O2/c1-13-4-6-15(7-5-13)21-17(23)14-8-9-19-16(12-14)18(24)20-10-11-22(2)3/h4-9,12H,10-11H2,1-3H3,(H,20,24)(H,21,23). The molecule has 1 heterocycles. The molecule has 1 aromatic heterocycles. The quantitative estimate of drug-likeness (QED) is 0.851. The Kier molecular flexibility index (Phi) is 6.03. The fourth-order valence-electron chi connectivity index (χ4n) is 2.02. The highest BCUT2D eigenvalue weighted by atomic mass is 16.2. The second-order valence-corrected chi connectivity index (χ2v) is 5.81. The van der Waals surface area contributed by atoms with E-state index in [9.17, 15) is 9.59 Å². The van der Waals surface area contributed by atoms with E-state index in [0.29, 0.717) is 17.8 Å².